The van der Waals surface area contributed by atoms with E-state index >= 15 is 0 Å². The van der Waals surface area contributed by atoms with Gasteiger partial charge in [0, 0.05) is 24.7 Å². The molecular weight excluding hydrogens is 402 g/mol. The first-order chi connectivity index (χ1) is 13.4. The van der Waals surface area contributed by atoms with Gasteiger partial charge in [-0.05, 0) is 30.7 Å². The van der Waals surface area contributed by atoms with Crippen LogP contribution >= 0.6 is 11.6 Å². The summed E-state index contributed by atoms with van der Waals surface area (Å²) in [5, 5.41) is 3.24. The van der Waals surface area contributed by atoms with Crippen molar-refractivity contribution in [2.45, 2.75) is 13.5 Å². The normalized spacial score (nSPS) is 16.8. The lowest BCUT2D eigenvalue weighted by atomic mass is 10.2. The van der Waals surface area contributed by atoms with Gasteiger partial charge in [-0.2, -0.15) is 17.0 Å². The molecule has 0 aromatic heterocycles. The van der Waals surface area contributed by atoms with Crippen LogP contribution in [0.2, 0.25) is 5.02 Å². The van der Waals surface area contributed by atoms with Crippen LogP contribution in [0.1, 0.15) is 12.5 Å². The van der Waals surface area contributed by atoms with Crippen molar-refractivity contribution >= 4 is 33.4 Å². The molecule has 0 atom stereocenters. The highest BCUT2D eigenvalue weighted by Crippen LogP contribution is 2.25. The van der Waals surface area contributed by atoms with E-state index in [9.17, 15) is 13.2 Å². The van der Waals surface area contributed by atoms with E-state index < -0.39 is 16.1 Å². The lowest BCUT2D eigenvalue weighted by Crippen LogP contribution is -2.37. The molecule has 2 aromatic rings. The Hall–Kier alpha value is -2.13. The first-order valence-corrected chi connectivity index (χ1v) is 10.7. The summed E-state index contributed by atoms with van der Waals surface area (Å²) in [7, 11) is -3.73. The van der Waals surface area contributed by atoms with Gasteiger partial charge in [0.2, 0.25) is 5.91 Å². The fraction of sp³-hybridized carbons (Fsp3) is 0.316. The Kier molecular flexibility index (Phi) is 6.56. The molecule has 1 N–H and O–H groups in total. The minimum absolute atomic E-state index is 0.174. The highest BCUT2D eigenvalue weighted by Gasteiger charge is 2.37. The number of nitrogens with zero attached hydrogens (tertiary/aromatic N) is 2. The SMILES string of the molecule is CCOc1ccccc1NC(=O)CN1CCN(Cc2ccccc2Cl)S1(=O)=O. The second-order valence-corrected chi connectivity index (χ2v) is 8.58. The fourth-order valence-corrected chi connectivity index (χ4v) is 4.69. The third kappa shape index (κ3) is 4.64. The summed E-state index contributed by atoms with van der Waals surface area (Å²) >= 11 is 6.14. The molecule has 7 nitrogen and oxygen atoms in total. The summed E-state index contributed by atoms with van der Waals surface area (Å²) in [6, 6.07) is 14.2. The number of rotatable bonds is 7. The van der Waals surface area contributed by atoms with Gasteiger partial charge in [0.25, 0.3) is 10.2 Å². The second kappa shape index (κ2) is 8.91. The highest BCUT2D eigenvalue weighted by molar-refractivity contribution is 7.87. The van der Waals surface area contributed by atoms with E-state index in [1.165, 1.54) is 8.61 Å². The number of carbonyl (C=O) groups is 1. The van der Waals surface area contributed by atoms with E-state index in [0.717, 1.165) is 5.56 Å². The summed E-state index contributed by atoms with van der Waals surface area (Å²) in [5.41, 5.74) is 1.24. The Bertz CT molecular complexity index is 952. The molecule has 0 aliphatic carbocycles. The van der Waals surface area contributed by atoms with Crippen LogP contribution in [0, 0.1) is 0 Å². The summed E-state index contributed by atoms with van der Waals surface area (Å²) < 4.78 is 33.5. The largest absolute Gasteiger partial charge is 0.492 e. The molecule has 150 valence electrons. The van der Waals surface area contributed by atoms with Gasteiger partial charge in [-0.1, -0.05) is 41.9 Å². The van der Waals surface area contributed by atoms with Crippen LogP contribution in [0.3, 0.4) is 0 Å². The number of hydrogen-bond acceptors (Lipinski definition) is 4. The topological polar surface area (TPSA) is 79.0 Å². The maximum atomic E-state index is 12.8. The summed E-state index contributed by atoms with van der Waals surface area (Å²) in [4.78, 5) is 12.4. The molecule has 0 bridgehead atoms. The number of anilines is 1. The number of ether oxygens (including phenoxy) is 1. The van der Waals surface area contributed by atoms with E-state index in [-0.39, 0.29) is 19.6 Å². The van der Waals surface area contributed by atoms with Gasteiger partial charge < -0.3 is 10.1 Å². The summed E-state index contributed by atoms with van der Waals surface area (Å²) in [6.07, 6.45) is 0. The smallest absolute Gasteiger partial charge is 0.282 e. The Labute approximate surface area is 170 Å². The van der Waals surface area contributed by atoms with E-state index in [0.29, 0.717) is 29.6 Å². The number of para-hydroxylation sites is 2. The van der Waals surface area contributed by atoms with Crippen LogP contribution in [-0.4, -0.2) is 49.2 Å². The van der Waals surface area contributed by atoms with Crippen LogP contribution in [0.15, 0.2) is 48.5 Å². The molecular formula is C19H22ClN3O4S. The number of benzene rings is 2. The predicted molar refractivity (Wildman–Crippen MR) is 109 cm³/mol. The number of amides is 1. The minimum atomic E-state index is -3.73. The maximum absolute atomic E-state index is 12.8. The van der Waals surface area contributed by atoms with Crippen LogP contribution in [0.5, 0.6) is 5.75 Å². The first kappa shape index (κ1) is 20.6. The molecule has 1 fully saturated rings. The van der Waals surface area contributed by atoms with Gasteiger partial charge in [0.15, 0.2) is 0 Å². The zero-order valence-electron chi connectivity index (χ0n) is 15.5. The maximum Gasteiger partial charge on any atom is 0.282 e. The molecule has 0 unspecified atom stereocenters. The number of carbonyl (C=O) groups excluding carboxylic acids is 1. The predicted octanol–water partition coefficient (Wildman–Crippen LogP) is 2.74. The molecule has 0 spiro atoms. The van der Waals surface area contributed by atoms with Crippen molar-refractivity contribution in [1.29, 1.82) is 0 Å². The lowest BCUT2D eigenvalue weighted by Gasteiger charge is -2.19. The van der Waals surface area contributed by atoms with Crippen LogP contribution in [0.4, 0.5) is 5.69 Å². The molecule has 28 heavy (non-hydrogen) atoms. The van der Waals surface area contributed by atoms with Crippen molar-refractivity contribution in [3.05, 3.63) is 59.1 Å². The van der Waals surface area contributed by atoms with Crippen molar-refractivity contribution < 1.29 is 17.9 Å². The molecule has 1 saturated heterocycles. The van der Waals surface area contributed by atoms with Gasteiger partial charge in [-0.25, -0.2) is 0 Å². The molecule has 1 amide bonds. The molecule has 1 aliphatic rings. The van der Waals surface area contributed by atoms with Crippen molar-refractivity contribution in [2.24, 2.45) is 0 Å². The second-order valence-electron chi connectivity index (χ2n) is 6.24. The van der Waals surface area contributed by atoms with Gasteiger partial charge in [0.1, 0.15) is 5.75 Å². The van der Waals surface area contributed by atoms with E-state index in [4.69, 9.17) is 16.3 Å². The Morgan fingerprint density at radius 2 is 1.79 bits per heavy atom. The van der Waals surface area contributed by atoms with E-state index in [2.05, 4.69) is 5.32 Å². The number of hydrogen-bond donors (Lipinski definition) is 1. The van der Waals surface area contributed by atoms with E-state index in [1.807, 2.05) is 13.0 Å². The van der Waals surface area contributed by atoms with Crippen molar-refractivity contribution in [2.75, 3.05) is 31.6 Å². The zero-order chi connectivity index (χ0) is 20.1. The van der Waals surface area contributed by atoms with Crippen LogP contribution in [-0.2, 0) is 21.5 Å². The lowest BCUT2D eigenvalue weighted by molar-refractivity contribution is -0.116. The minimum Gasteiger partial charge on any atom is -0.492 e. The molecule has 9 heteroatoms. The van der Waals surface area contributed by atoms with Gasteiger partial charge in [0.05, 0.1) is 18.8 Å². The van der Waals surface area contributed by atoms with Crippen LogP contribution < -0.4 is 10.1 Å². The third-order valence-corrected chi connectivity index (χ3v) is 6.63. The molecule has 2 aromatic carbocycles. The van der Waals surface area contributed by atoms with E-state index in [1.54, 1.807) is 42.5 Å². The fourth-order valence-electron chi connectivity index (χ4n) is 2.96. The monoisotopic (exact) mass is 423 g/mol. The van der Waals surface area contributed by atoms with Gasteiger partial charge in [-0.15, -0.1) is 0 Å². The Morgan fingerprint density at radius 1 is 1.11 bits per heavy atom. The molecule has 3 rings (SSSR count). The Morgan fingerprint density at radius 3 is 2.54 bits per heavy atom. The third-order valence-electron chi connectivity index (χ3n) is 4.34. The van der Waals surface area contributed by atoms with Gasteiger partial charge in [-0.3, -0.25) is 4.79 Å². The average molecular weight is 424 g/mol. The quantitative estimate of drug-likeness (QED) is 0.742. The standard InChI is InChI=1S/C19H22ClN3O4S/c1-2-27-18-10-6-5-9-17(18)21-19(24)14-23-12-11-22(28(23,25)26)13-15-7-3-4-8-16(15)20/h3-10H,2,11-14H2,1H3,(H,21,24). The van der Waals surface area contributed by atoms with Crippen molar-refractivity contribution in [3.8, 4) is 5.75 Å². The summed E-state index contributed by atoms with van der Waals surface area (Å²) in [6.45, 7) is 2.77. The molecule has 0 saturated carbocycles. The summed E-state index contributed by atoms with van der Waals surface area (Å²) in [5.74, 6) is 0.123. The van der Waals surface area contributed by atoms with Crippen LogP contribution in [0.25, 0.3) is 0 Å². The number of nitrogens with one attached hydrogen (secondary N) is 1. The molecule has 0 radical (unpaired) electrons. The first-order valence-electron chi connectivity index (χ1n) is 8.92. The molecule has 1 aliphatic heterocycles. The highest BCUT2D eigenvalue weighted by atomic mass is 35.5. The Balaban J connectivity index is 1.65. The average Bonchev–Trinajstić information content (AvgIpc) is 2.93. The number of halogens is 1. The zero-order valence-corrected chi connectivity index (χ0v) is 17.0. The molecule has 1 heterocycles. The van der Waals surface area contributed by atoms with Gasteiger partial charge >= 0.3 is 0 Å². The van der Waals surface area contributed by atoms with Crippen molar-refractivity contribution in [3.63, 3.8) is 0 Å². The van der Waals surface area contributed by atoms with Crippen molar-refractivity contribution in [1.82, 2.24) is 8.61 Å².